The molecule has 1 heterocycles. The first kappa shape index (κ1) is 18.8. The molecule has 3 aromatic rings. The molecule has 3 heteroatoms. The average Bonchev–Trinajstić information content (AvgIpc) is 2.68. The van der Waals surface area contributed by atoms with E-state index in [0.717, 1.165) is 11.3 Å². The molecule has 1 aromatic heterocycles. The SMILES string of the molecule is COC(=O)c1ccc(C(c2ccc(-c3ccccn3)cc2)C(C)(C)C)cc1. The maximum Gasteiger partial charge on any atom is 0.337 e. The van der Waals surface area contributed by atoms with Gasteiger partial charge in [-0.2, -0.15) is 0 Å². The highest BCUT2D eigenvalue weighted by Gasteiger charge is 2.28. The second-order valence-electron chi connectivity index (χ2n) is 7.75. The summed E-state index contributed by atoms with van der Waals surface area (Å²) in [6, 6.07) is 22.2. The first-order valence-electron chi connectivity index (χ1n) is 9.10. The van der Waals surface area contributed by atoms with Crippen LogP contribution in [0.2, 0.25) is 0 Å². The van der Waals surface area contributed by atoms with Gasteiger partial charge in [0.05, 0.1) is 18.4 Å². The Bertz CT molecular complexity index is 892. The summed E-state index contributed by atoms with van der Waals surface area (Å²) in [7, 11) is 1.40. The zero-order valence-electron chi connectivity index (χ0n) is 16.3. The second kappa shape index (κ2) is 7.75. The van der Waals surface area contributed by atoms with Crippen molar-refractivity contribution in [2.45, 2.75) is 26.7 Å². The van der Waals surface area contributed by atoms with Crippen molar-refractivity contribution in [3.05, 3.63) is 89.6 Å². The van der Waals surface area contributed by atoms with Crippen LogP contribution in [0.1, 0.15) is 48.2 Å². The Morgan fingerprint density at radius 2 is 1.48 bits per heavy atom. The van der Waals surface area contributed by atoms with E-state index in [1.54, 1.807) is 0 Å². The molecule has 0 radical (unpaired) electrons. The van der Waals surface area contributed by atoms with Gasteiger partial charge in [-0.15, -0.1) is 0 Å². The molecule has 0 saturated heterocycles. The molecular formula is C24H25NO2. The van der Waals surface area contributed by atoms with Crippen molar-refractivity contribution in [3.63, 3.8) is 0 Å². The van der Waals surface area contributed by atoms with E-state index < -0.39 is 0 Å². The molecule has 0 aliphatic heterocycles. The summed E-state index contributed by atoms with van der Waals surface area (Å²) in [5.74, 6) is -0.101. The van der Waals surface area contributed by atoms with Crippen molar-refractivity contribution in [3.8, 4) is 11.3 Å². The van der Waals surface area contributed by atoms with Crippen LogP contribution < -0.4 is 0 Å². The highest BCUT2D eigenvalue weighted by molar-refractivity contribution is 5.89. The minimum Gasteiger partial charge on any atom is -0.465 e. The number of ether oxygens (including phenoxy) is 1. The highest BCUT2D eigenvalue weighted by Crippen LogP contribution is 2.41. The molecule has 0 N–H and O–H groups in total. The van der Waals surface area contributed by atoms with Crippen molar-refractivity contribution >= 4 is 5.97 Å². The molecular weight excluding hydrogens is 334 g/mol. The van der Waals surface area contributed by atoms with Crippen LogP contribution in [0.3, 0.4) is 0 Å². The number of hydrogen-bond donors (Lipinski definition) is 0. The predicted octanol–water partition coefficient (Wildman–Crippen LogP) is 5.71. The summed E-state index contributed by atoms with van der Waals surface area (Å²) < 4.78 is 4.80. The maximum absolute atomic E-state index is 11.7. The molecule has 1 atom stereocenters. The van der Waals surface area contributed by atoms with Crippen LogP contribution in [0.15, 0.2) is 72.9 Å². The van der Waals surface area contributed by atoms with Crippen LogP contribution in [0.4, 0.5) is 0 Å². The number of hydrogen-bond acceptors (Lipinski definition) is 3. The van der Waals surface area contributed by atoms with Gasteiger partial charge in [-0.1, -0.05) is 63.2 Å². The Balaban J connectivity index is 1.95. The van der Waals surface area contributed by atoms with Gasteiger partial charge in [0, 0.05) is 17.7 Å². The van der Waals surface area contributed by atoms with Gasteiger partial charge >= 0.3 is 5.97 Å². The fourth-order valence-electron chi connectivity index (χ4n) is 3.50. The number of nitrogens with zero attached hydrogens (tertiary/aromatic N) is 1. The maximum atomic E-state index is 11.7. The standard InChI is InChI=1S/C24H25NO2/c1-24(2,3)22(19-12-14-20(15-13-19)23(26)27-4)18-10-8-17(9-11-18)21-7-5-6-16-25-21/h5-16,22H,1-4H3. The summed E-state index contributed by atoms with van der Waals surface area (Å²) in [6.07, 6.45) is 1.81. The molecule has 1 unspecified atom stereocenters. The van der Waals surface area contributed by atoms with E-state index in [2.05, 4.69) is 50.0 Å². The van der Waals surface area contributed by atoms with Crippen molar-refractivity contribution in [2.24, 2.45) is 5.41 Å². The molecule has 0 spiro atoms. The Kier molecular flexibility index (Phi) is 5.41. The zero-order chi connectivity index (χ0) is 19.4. The molecule has 138 valence electrons. The van der Waals surface area contributed by atoms with E-state index in [-0.39, 0.29) is 17.3 Å². The number of esters is 1. The van der Waals surface area contributed by atoms with Crippen molar-refractivity contribution in [1.82, 2.24) is 4.98 Å². The number of methoxy groups -OCH3 is 1. The molecule has 0 saturated carbocycles. The Morgan fingerprint density at radius 1 is 0.889 bits per heavy atom. The third-order valence-corrected chi connectivity index (χ3v) is 4.74. The molecule has 0 bridgehead atoms. The largest absolute Gasteiger partial charge is 0.465 e. The number of aromatic nitrogens is 1. The van der Waals surface area contributed by atoms with E-state index in [9.17, 15) is 4.79 Å². The summed E-state index contributed by atoms with van der Waals surface area (Å²) >= 11 is 0. The third kappa shape index (κ3) is 4.25. The van der Waals surface area contributed by atoms with Gasteiger partial charge in [0.1, 0.15) is 0 Å². The minimum absolute atomic E-state index is 0.0271. The van der Waals surface area contributed by atoms with Crippen molar-refractivity contribution < 1.29 is 9.53 Å². The lowest BCUT2D eigenvalue weighted by Crippen LogP contribution is -2.19. The van der Waals surface area contributed by atoms with Crippen LogP contribution in [0, 0.1) is 5.41 Å². The molecule has 0 aliphatic rings. The number of pyridine rings is 1. The van der Waals surface area contributed by atoms with Gasteiger partial charge in [0.2, 0.25) is 0 Å². The predicted molar refractivity (Wildman–Crippen MR) is 109 cm³/mol. The van der Waals surface area contributed by atoms with Crippen LogP contribution in [0.25, 0.3) is 11.3 Å². The lowest BCUT2D eigenvalue weighted by molar-refractivity contribution is 0.0600. The lowest BCUT2D eigenvalue weighted by atomic mass is 9.72. The van der Waals surface area contributed by atoms with E-state index in [1.165, 1.54) is 18.2 Å². The first-order chi connectivity index (χ1) is 12.9. The lowest BCUT2D eigenvalue weighted by Gasteiger charge is -2.32. The van der Waals surface area contributed by atoms with Gasteiger partial charge < -0.3 is 4.74 Å². The molecule has 3 nitrogen and oxygen atoms in total. The molecule has 0 aliphatic carbocycles. The van der Waals surface area contributed by atoms with E-state index in [4.69, 9.17) is 4.74 Å². The van der Waals surface area contributed by atoms with Gasteiger partial charge in [0.25, 0.3) is 0 Å². The van der Waals surface area contributed by atoms with Crippen LogP contribution in [-0.2, 0) is 4.74 Å². The van der Waals surface area contributed by atoms with Crippen LogP contribution in [0.5, 0.6) is 0 Å². The minimum atomic E-state index is -0.312. The molecule has 2 aromatic carbocycles. The number of carbonyl (C=O) groups is 1. The van der Waals surface area contributed by atoms with Crippen LogP contribution in [-0.4, -0.2) is 18.1 Å². The monoisotopic (exact) mass is 359 g/mol. The van der Waals surface area contributed by atoms with Crippen molar-refractivity contribution in [1.29, 1.82) is 0 Å². The van der Waals surface area contributed by atoms with Gasteiger partial charge in [-0.05, 0) is 40.8 Å². The number of carbonyl (C=O) groups excluding carboxylic acids is 1. The Morgan fingerprint density at radius 3 is 1.96 bits per heavy atom. The highest BCUT2D eigenvalue weighted by atomic mass is 16.5. The second-order valence-corrected chi connectivity index (χ2v) is 7.75. The van der Waals surface area contributed by atoms with E-state index in [0.29, 0.717) is 5.56 Å². The smallest absolute Gasteiger partial charge is 0.337 e. The Labute approximate surface area is 161 Å². The third-order valence-electron chi connectivity index (χ3n) is 4.74. The van der Waals surface area contributed by atoms with Crippen LogP contribution >= 0.6 is 0 Å². The molecule has 0 fully saturated rings. The fourth-order valence-corrected chi connectivity index (χ4v) is 3.50. The average molecular weight is 359 g/mol. The first-order valence-corrected chi connectivity index (χ1v) is 9.10. The normalized spacial score (nSPS) is 12.4. The fraction of sp³-hybridized carbons (Fsp3) is 0.250. The van der Waals surface area contributed by atoms with Gasteiger partial charge in [-0.25, -0.2) is 4.79 Å². The molecule has 27 heavy (non-hydrogen) atoms. The Hall–Kier alpha value is -2.94. The zero-order valence-corrected chi connectivity index (χ0v) is 16.3. The topological polar surface area (TPSA) is 39.2 Å². The summed E-state index contributed by atoms with van der Waals surface area (Å²) in [5.41, 5.74) is 5.10. The summed E-state index contributed by atoms with van der Waals surface area (Å²) in [4.78, 5) is 16.1. The van der Waals surface area contributed by atoms with Gasteiger partial charge in [0.15, 0.2) is 0 Å². The van der Waals surface area contributed by atoms with E-state index in [1.807, 2.05) is 48.7 Å². The molecule has 0 amide bonds. The van der Waals surface area contributed by atoms with E-state index >= 15 is 0 Å². The number of rotatable bonds is 4. The number of benzene rings is 2. The van der Waals surface area contributed by atoms with Gasteiger partial charge in [-0.3, -0.25) is 4.98 Å². The van der Waals surface area contributed by atoms with Crippen molar-refractivity contribution in [2.75, 3.05) is 7.11 Å². The summed E-state index contributed by atoms with van der Waals surface area (Å²) in [6.45, 7) is 6.70. The summed E-state index contributed by atoms with van der Waals surface area (Å²) in [5, 5.41) is 0. The quantitative estimate of drug-likeness (QED) is 0.560. The molecule has 3 rings (SSSR count).